The molecule has 0 unspecified atom stereocenters. The van der Waals surface area contributed by atoms with Gasteiger partial charge in [-0.05, 0) is 41.3 Å². The summed E-state index contributed by atoms with van der Waals surface area (Å²) in [6, 6.07) is 21.1. The maximum Gasteiger partial charge on any atom is 0.146 e. The van der Waals surface area contributed by atoms with Crippen molar-refractivity contribution < 1.29 is 9.84 Å². The van der Waals surface area contributed by atoms with E-state index in [9.17, 15) is 5.11 Å². The second kappa shape index (κ2) is 7.11. The molecule has 1 N–H and O–H groups in total. The second-order valence-electron chi connectivity index (χ2n) is 6.81. The van der Waals surface area contributed by atoms with Crippen LogP contribution in [0.4, 0.5) is 0 Å². The van der Waals surface area contributed by atoms with Crippen LogP contribution in [0, 0.1) is 0 Å². The van der Waals surface area contributed by atoms with E-state index in [2.05, 4.69) is 48.3 Å². The molecule has 4 aromatic rings. The molecule has 0 saturated carbocycles. The maximum absolute atomic E-state index is 10.4. The SMILES string of the molecule is CC(C)c1ccc(COc2ccc(-n3nc4ccccc4n3)c(O)c2)cc1. The van der Waals surface area contributed by atoms with E-state index in [0.29, 0.717) is 24.0 Å². The number of aromatic nitrogens is 3. The van der Waals surface area contributed by atoms with Gasteiger partial charge in [0.05, 0.1) is 0 Å². The third-order valence-corrected chi connectivity index (χ3v) is 4.50. The molecule has 0 spiro atoms. The van der Waals surface area contributed by atoms with Crippen molar-refractivity contribution in [1.82, 2.24) is 15.0 Å². The lowest BCUT2D eigenvalue weighted by Gasteiger charge is -2.10. The number of phenolic OH excluding ortho intramolecular Hbond substituents is 1. The fraction of sp³-hybridized carbons (Fsp3) is 0.182. The minimum atomic E-state index is 0.0722. The summed E-state index contributed by atoms with van der Waals surface area (Å²) in [5.41, 5.74) is 4.46. The predicted octanol–water partition coefficient (Wildman–Crippen LogP) is 4.83. The topological polar surface area (TPSA) is 60.2 Å². The zero-order valence-electron chi connectivity index (χ0n) is 15.3. The van der Waals surface area contributed by atoms with Crippen LogP contribution in [0.15, 0.2) is 66.7 Å². The third-order valence-electron chi connectivity index (χ3n) is 4.50. The molecule has 0 aliphatic rings. The zero-order chi connectivity index (χ0) is 18.8. The molecule has 0 atom stereocenters. The second-order valence-corrected chi connectivity index (χ2v) is 6.81. The Kier molecular flexibility index (Phi) is 4.50. The molecular weight excluding hydrogens is 338 g/mol. The van der Waals surface area contributed by atoms with Crippen molar-refractivity contribution in [2.45, 2.75) is 26.4 Å². The van der Waals surface area contributed by atoms with Gasteiger partial charge in [-0.2, -0.15) is 0 Å². The van der Waals surface area contributed by atoms with Gasteiger partial charge in [0.1, 0.15) is 34.8 Å². The minimum Gasteiger partial charge on any atom is -0.505 e. The monoisotopic (exact) mass is 359 g/mol. The molecule has 0 bridgehead atoms. The van der Waals surface area contributed by atoms with Crippen molar-refractivity contribution in [3.8, 4) is 17.2 Å². The van der Waals surface area contributed by atoms with Gasteiger partial charge in [0.15, 0.2) is 0 Å². The molecule has 5 nitrogen and oxygen atoms in total. The first kappa shape index (κ1) is 17.1. The van der Waals surface area contributed by atoms with Gasteiger partial charge in [0, 0.05) is 6.07 Å². The van der Waals surface area contributed by atoms with Gasteiger partial charge in [-0.25, -0.2) is 0 Å². The summed E-state index contributed by atoms with van der Waals surface area (Å²) >= 11 is 0. The summed E-state index contributed by atoms with van der Waals surface area (Å²) in [4.78, 5) is 1.44. The lowest BCUT2D eigenvalue weighted by Crippen LogP contribution is -2.00. The van der Waals surface area contributed by atoms with Gasteiger partial charge in [-0.1, -0.05) is 50.2 Å². The molecule has 0 aliphatic heterocycles. The fourth-order valence-electron chi connectivity index (χ4n) is 2.90. The molecule has 4 rings (SSSR count). The Balaban J connectivity index is 1.49. The van der Waals surface area contributed by atoms with Crippen LogP contribution in [0.1, 0.15) is 30.9 Å². The zero-order valence-corrected chi connectivity index (χ0v) is 15.3. The van der Waals surface area contributed by atoms with Gasteiger partial charge < -0.3 is 9.84 Å². The van der Waals surface area contributed by atoms with Crippen LogP contribution in [0.3, 0.4) is 0 Å². The average molecular weight is 359 g/mol. The molecule has 0 radical (unpaired) electrons. The van der Waals surface area contributed by atoms with Crippen LogP contribution < -0.4 is 4.74 Å². The van der Waals surface area contributed by atoms with Crippen LogP contribution >= 0.6 is 0 Å². The van der Waals surface area contributed by atoms with Crippen LogP contribution in [-0.4, -0.2) is 20.1 Å². The Morgan fingerprint density at radius 1 is 0.926 bits per heavy atom. The Bertz CT molecular complexity index is 1040. The first-order valence-corrected chi connectivity index (χ1v) is 8.97. The summed E-state index contributed by atoms with van der Waals surface area (Å²) in [5, 5.41) is 19.2. The van der Waals surface area contributed by atoms with Gasteiger partial charge in [-0.15, -0.1) is 15.0 Å². The number of nitrogens with zero attached hydrogens (tertiary/aromatic N) is 3. The van der Waals surface area contributed by atoms with E-state index < -0.39 is 0 Å². The van der Waals surface area contributed by atoms with Crippen LogP contribution in [-0.2, 0) is 6.61 Å². The lowest BCUT2D eigenvalue weighted by atomic mass is 10.0. The summed E-state index contributed by atoms with van der Waals surface area (Å²) in [6.45, 7) is 4.79. The summed E-state index contributed by atoms with van der Waals surface area (Å²) < 4.78 is 5.81. The van der Waals surface area contributed by atoms with Crippen molar-refractivity contribution in [3.63, 3.8) is 0 Å². The normalized spacial score (nSPS) is 11.2. The minimum absolute atomic E-state index is 0.0722. The molecule has 0 fully saturated rings. The molecular formula is C22H21N3O2. The summed E-state index contributed by atoms with van der Waals surface area (Å²) in [6.07, 6.45) is 0. The average Bonchev–Trinajstić information content (AvgIpc) is 3.10. The Morgan fingerprint density at radius 2 is 1.59 bits per heavy atom. The van der Waals surface area contributed by atoms with E-state index in [1.54, 1.807) is 12.1 Å². The first-order valence-electron chi connectivity index (χ1n) is 8.97. The van der Waals surface area contributed by atoms with E-state index in [1.165, 1.54) is 10.4 Å². The van der Waals surface area contributed by atoms with Crippen molar-refractivity contribution in [2.75, 3.05) is 0 Å². The number of benzene rings is 3. The Morgan fingerprint density at radius 3 is 2.19 bits per heavy atom. The Hall–Kier alpha value is -3.34. The van der Waals surface area contributed by atoms with E-state index in [1.807, 2.05) is 30.3 Å². The van der Waals surface area contributed by atoms with E-state index in [4.69, 9.17) is 4.74 Å². The number of hydrogen-bond donors (Lipinski definition) is 1. The van der Waals surface area contributed by atoms with E-state index >= 15 is 0 Å². The smallest absolute Gasteiger partial charge is 0.146 e. The molecule has 0 amide bonds. The molecule has 1 heterocycles. The van der Waals surface area contributed by atoms with Gasteiger partial charge in [0.2, 0.25) is 0 Å². The van der Waals surface area contributed by atoms with Gasteiger partial charge >= 0.3 is 0 Å². The molecule has 3 aromatic carbocycles. The molecule has 0 saturated heterocycles. The highest BCUT2D eigenvalue weighted by Gasteiger charge is 2.10. The number of fused-ring (bicyclic) bond motifs is 1. The number of phenols is 1. The van der Waals surface area contributed by atoms with Crippen LogP contribution in [0.2, 0.25) is 0 Å². The van der Waals surface area contributed by atoms with Crippen LogP contribution in [0.5, 0.6) is 11.5 Å². The van der Waals surface area contributed by atoms with E-state index in [0.717, 1.165) is 16.6 Å². The lowest BCUT2D eigenvalue weighted by molar-refractivity contribution is 0.304. The van der Waals surface area contributed by atoms with Crippen molar-refractivity contribution in [1.29, 1.82) is 0 Å². The number of aromatic hydroxyl groups is 1. The largest absolute Gasteiger partial charge is 0.505 e. The highest BCUT2D eigenvalue weighted by Crippen LogP contribution is 2.27. The first-order chi connectivity index (χ1) is 13.1. The van der Waals surface area contributed by atoms with Crippen molar-refractivity contribution in [2.24, 2.45) is 0 Å². The number of rotatable bonds is 5. The van der Waals surface area contributed by atoms with Gasteiger partial charge in [-0.3, -0.25) is 0 Å². The quantitative estimate of drug-likeness (QED) is 0.554. The highest BCUT2D eigenvalue weighted by atomic mass is 16.5. The molecule has 27 heavy (non-hydrogen) atoms. The molecule has 5 heteroatoms. The summed E-state index contributed by atoms with van der Waals surface area (Å²) in [7, 11) is 0. The van der Waals surface area contributed by atoms with Gasteiger partial charge in [0.25, 0.3) is 0 Å². The number of hydrogen-bond acceptors (Lipinski definition) is 4. The molecule has 1 aromatic heterocycles. The molecule has 136 valence electrons. The summed E-state index contributed by atoms with van der Waals surface area (Å²) in [5.74, 6) is 1.18. The molecule has 0 aliphatic carbocycles. The van der Waals surface area contributed by atoms with Crippen LogP contribution in [0.25, 0.3) is 16.7 Å². The highest BCUT2D eigenvalue weighted by molar-refractivity contribution is 5.73. The third kappa shape index (κ3) is 3.62. The standard InChI is InChI=1S/C22H21N3O2/c1-15(2)17-9-7-16(8-10-17)14-27-18-11-12-21(22(26)13-18)25-23-19-5-3-4-6-20(19)24-25/h3-13,15,26H,14H2,1-2H3. The predicted molar refractivity (Wildman–Crippen MR) is 105 cm³/mol. The number of ether oxygens (including phenoxy) is 1. The van der Waals surface area contributed by atoms with Crippen molar-refractivity contribution >= 4 is 11.0 Å². The Labute approximate surface area is 157 Å². The van der Waals surface area contributed by atoms with E-state index in [-0.39, 0.29) is 5.75 Å². The fourth-order valence-corrected chi connectivity index (χ4v) is 2.90. The maximum atomic E-state index is 10.4. The van der Waals surface area contributed by atoms with Crippen molar-refractivity contribution in [3.05, 3.63) is 77.9 Å².